The van der Waals surface area contributed by atoms with Crippen LogP contribution in [-0.4, -0.2) is 53.9 Å². The lowest BCUT2D eigenvalue weighted by Gasteiger charge is -2.32. The monoisotopic (exact) mass is 341 g/mol. The number of halogens is 1. The van der Waals surface area contributed by atoms with E-state index in [1.165, 1.54) is 0 Å². The molecule has 1 N–H and O–H groups in total. The Hall–Kier alpha value is -0.915. The third kappa shape index (κ3) is 4.38. The molecule has 0 aromatic carbocycles. The van der Waals surface area contributed by atoms with E-state index in [1.807, 2.05) is 27.7 Å². The molecule has 2 heterocycles. The molecule has 2 rings (SSSR count). The van der Waals surface area contributed by atoms with E-state index in [0.29, 0.717) is 12.1 Å². The fourth-order valence-corrected chi connectivity index (χ4v) is 3.15. The van der Waals surface area contributed by atoms with Gasteiger partial charge in [0.25, 0.3) is 0 Å². The normalized spacial score (nSPS) is 25.7. The fraction of sp³-hybridized carbons (Fsp3) is 0.824. The van der Waals surface area contributed by atoms with Gasteiger partial charge in [0.15, 0.2) is 0 Å². The van der Waals surface area contributed by atoms with Crippen LogP contribution in [0.25, 0.3) is 0 Å². The Kier molecular flexibility index (Phi) is 5.77. The van der Waals surface area contributed by atoms with Gasteiger partial charge in [0.2, 0.25) is 0 Å². The Morgan fingerprint density at radius 1 is 1.21 bits per heavy atom. The molecule has 0 atom stereocenters. The van der Waals surface area contributed by atoms with Crippen LogP contribution < -0.4 is 0 Å². The van der Waals surface area contributed by atoms with E-state index < -0.39 is 24.3 Å². The van der Waals surface area contributed by atoms with E-state index in [0.717, 1.165) is 25.9 Å². The molecule has 24 heavy (non-hydrogen) atoms. The topological polar surface area (TPSA) is 59.0 Å². The first-order chi connectivity index (χ1) is 11.0. The summed E-state index contributed by atoms with van der Waals surface area (Å²) in [4.78, 5) is 12.9. The van der Waals surface area contributed by atoms with Crippen molar-refractivity contribution in [1.29, 1.82) is 0 Å². The molecule has 0 unspecified atom stereocenters. The number of carbonyl (C=O) groups is 1. The zero-order chi connectivity index (χ0) is 18.1. The fourth-order valence-electron chi connectivity index (χ4n) is 3.15. The highest BCUT2D eigenvalue weighted by Gasteiger charge is 2.53. The minimum Gasteiger partial charge on any atom is -0.481 e. The van der Waals surface area contributed by atoms with E-state index in [2.05, 4.69) is 4.90 Å². The maximum Gasteiger partial charge on any atom is 0.525 e. The van der Waals surface area contributed by atoms with Crippen LogP contribution in [-0.2, 0) is 14.1 Å². The van der Waals surface area contributed by atoms with Gasteiger partial charge in [-0.1, -0.05) is 0 Å². The minimum atomic E-state index is -0.945. The smallest absolute Gasteiger partial charge is 0.481 e. The third-order valence-electron chi connectivity index (χ3n) is 5.50. The Labute approximate surface area is 144 Å². The second kappa shape index (κ2) is 7.14. The average molecular weight is 341 g/mol. The van der Waals surface area contributed by atoms with E-state index in [1.54, 1.807) is 6.92 Å². The van der Waals surface area contributed by atoms with Crippen molar-refractivity contribution in [2.45, 2.75) is 65.1 Å². The number of carboxylic acid groups (broad SMARTS) is 1. The minimum absolute atomic E-state index is 0.227. The molecule has 5 nitrogen and oxygen atoms in total. The van der Waals surface area contributed by atoms with Crippen molar-refractivity contribution in [2.75, 3.05) is 19.6 Å². The molecule has 0 amide bonds. The SMILES string of the molecule is CC(CN1CCC(CC(=O)O)CC1)=C(F)B1OC(C)(C)C(C)(C)O1. The van der Waals surface area contributed by atoms with E-state index >= 15 is 0 Å². The summed E-state index contributed by atoms with van der Waals surface area (Å²) in [7, 11) is -0.945. The van der Waals surface area contributed by atoms with Crippen LogP contribution in [0.15, 0.2) is 11.3 Å². The molecule has 0 aromatic heterocycles. The standard InChI is InChI=1S/C17H29BFNO4/c1-12(11-20-8-6-13(7-9-20)10-14(21)22)15(19)18-23-16(2,3)17(4,5)24-18/h13H,6-11H2,1-5H3,(H,21,22). The summed E-state index contributed by atoms with van der Waals surface area (Å²) in [5.74, 6) is -0.507. The molecular weight excluding hydrogens is 312 g/mol. The molecule has 2 fully saturated rings. The van der Waals surface area contributed by atoms with Gasteiger partial charge in [-0.2, -0.15) is 0 Å². The number of hydrogen-bond donors (Lipinski definition) is 1. The Morgan fingerprint density at radius 2 is 1.71 bits per heavy atom. The summed E-state index contributed by atoms with van der Waals surface area (Å²) in [5.41, 5.74) is -0.832. The summed E-state index contributed by atoms with van der Waals surface area (Å²) in [6, 6.07) is 0. The highest BCUT2D eigenvalue weighted by Crippen LogP contribution is 2.39. The van der Waals surface area contributed by atoms with Crippen molar-refractivity contribution < 1.29 is 23.6 Å². The average Bonchev–Trinajstić information content (AvgIpc) is 2.68. The summed E-state index contributed by atoms with van der Waals surface area (Å²) in [6.45, 7) is 11.5. The molecule has 2 aliphatic rings. The van der Waals surface area contributed by atoms with E-state index in [9.17, 15) is 9.18 Å². The highest BCUT2D eigenvalue weighted by molar-refractivity contribution is 6.53. The summed E-state index contributed by atoms with van der Waals surface area (Å²) in [6.07, 6.45) is 1.92. The number of nitrogens with zero attached hydrogens (tertiary/aromatic N) is 1. The summed E-state index contributed by atoms with van der Waals surface area (Å²) in [5, 5.41) is 8.86. The lowest BCUT2D eigenvalue weighted by molar-refractivity contribution is -0.138. The largest absolute Gasteiger partial charge is 0.525 e. The second-order valence-corrected chi connectivity index (χ2v) is 8.03. The van der Waals surface area contributed by atoms with Gasteiger partial charge in [-0.3, -0.25) is 9.69 Å². The zero-order valence-electron chi connectivity index (χ0n) is 15.4. The predicted molar refractivity (Wildman–Crippen MR) is 91.3 cm³/mol. The van der Waals surface area contributed by atoms with Crippen molar-refractivity contribution in [3.05, 3.63) is 11.3 Å². The third-order valence-corrected chi connectivity index (χ3v) is 5.50. The van der Waals surface area contributed by atoms with Gasteiger partial charge >= 0.3 is 13.1 Å². The second-order valence-electron chi connectivity index (χ2n) is 8.03. The number of likely N-dealkylation sites (tertiary alicyclic amines) is 1. The summed E-state index contributed by atoms with van der Waals surface area (Å²) < 4.78 is 26.2. The van der Waals surface area contributed by atoms with Gasteiger partial charge < -0.3 is 14.4 Å². The maximum atomic E-state index is 14.7. The van der Waals surface area contributed by atoms with Gasteiger partial charge in [0.1, 0.15) is 5.73 Å². The van der Waals surface area contributed by atoms with Crippen molar-refractivity contribution >= 4 is 13.1 Å². The number of carboxylic acids is 1. The molecule has 0 aromatic rings. The first kappa shape index (κ1) is 19.4. The first-order valence-electron chi connectivity index (χ1n) is 8.67. The molecule has 7 heteroatoms. The van der Waals surface area contributed by atoms with Gasteiger partial charge in [-0.15, -0.1) is 0 Å². The molecular formula is C17H29BFNO4. The molecule has 2 saturated heterocycles. The first-order valence-corrected chi connectivity index (χ1v) is 8.67. The lowest BCUT2D eigenvalue weighted by atomic mass is 9.84. The van der Waals surface area contributed by atoms with Crippen LogP contribution in [0, 0.1) is 5.92 Å². The van der Waals surface area contributed by atoms with Crippen molar-refractivity contribution in [3.63, 3.8) is 0 Å². The Morgan fingerprint density at radius 3 is 2.17 bits per heavy atom. The van der Waals surface area contributed by atoms with Crippen LogP contribution in [0.4, 0.5) is 4.39 Å². The van der Waals surface area contributed by atoms with Gasteiger partial charge in [0.05, 0.1) is 11.2 Å². The summed E-state index contributed by atoms with van der Waals surface area (Å²) >= 11 is 0. The molecule has 0 spiro atoms. The lowest BCUT2D eigenvalue weighted by Crippen LogP contribution is -2.41. The van der Waals surface area contributed by atoms with E-state index in [4.69, 9.17) is 14.4 Å². The van der Waals surface area contributed by atoms with Crippen LogP contribution in [0.1, 0.15) is 53.9 Å². The van der Waals surface area contributed by atoms with Crippen LogP contribution in [0.2, 0.25) is 0 Å². The molecule has 0 radical (unpaired) electrons. The van der Waals surface area contributed by atoms with Gasteiger partial charge in [0, 0.05) is 13.0 Å². The maximum absolute atomic E-state index is 14.7. The number of aliphatic carboxylic acids is 1. The van der Waals surface area contributed by atoms with Crippen LogP contribution in [0.3, 0.4) is 0 Å². The Balaban J connectivity index is 1.91. The van der Waals surface area contributed by atoms with Crippen molar-refractivity contribution in [1.82, 2.24) is 4.90 Å². The van der Waals surface area contributed by atoms with Gasteiger partial charge in [-0.25, -0.2) is 4.39 Å². The Bertz CT molecular complexity index is 497. The van der Waals surface area contributed by atoms with Crippen LogP contribution in [0.5, 0.6) is 0 Å². The molecule has 136 valence electrons. The highest BCUT2D eigenvalue weighted by atomic mass is 19.1. The number of rotatable bonds is 5. The zero-order valence-corrected chi connectivity index (χ0v) is 15.4. The quantitative estimate of drug-likeness (QED) is 0.779. The van der Waals surface area contributed by atoms with E-state index in [-0.39, 0.29) is 18.1 Å². The molecule has 0 aliphatic carbocycles. The predicted octanol–water partition coefficient (Wildman–Crippen LogP) is 3.05. The number of hydrogen-bond acceptors (Lipinski definition) is 4. The van der Waals surface area contributed by atoms with Crippen molar-refractivity contribution in [3.8, 4) is 0 Å². The van der Waals surface area contributed by atoms with Crippen molar-refractivity contribution in [2.24, 2.45) is 5.92 Å². The van der Waals surface area contributed by atoms with Gasteiger partial charge in [-0.05, 0) is 72.0 Å². The van der Waals surface area contributed by atoms with Crippen LogP contribution >= 0.6 is 0 Å². The molecule has 0 saturated carbocycles. The number of piperidine rings is 1. The molecule has 0 bridgehead atoms. The molecule has 2 aliphatic heterocycles.